The van der Waals surface area contributed by atoms with Gasteiger partial charge >= 0.3 is 0 Å². The van der Waals surface area contributed by atoms with Crippen molar-refractivity contribution in [1.82, 2.24) is 4.90 Å². The van der Waals surface area contributed by atoms with E-state index in [9.17, 15) is 9.50 Å². The predicted molar refractivity (Wildman–Crippen MR) is 77.0 cm³/mol. The van der Waals surface area contributed by atoms with Crippen molar-refractivity contribution in [2.45, 2.75) is 38.5 Å². The van der Waals surface area contributed by atoms with Crippen LogP contribution in [-0.2, 0) is 10.4 Å². The number of oxime groups is 1. The van der Waals surface area contributed by atoms with Crippen LogP contribution in [0.3, 0.4) is 0 Å². The van der Waals surface area contributed by atoms with E-state index in [2.05, 4.69) is 5.16 Å². The summed E-state index contributed by atoms with van der Waals surface area (Å²) in [6.45, 7) is 5.66. The minimum atomic E-state index is -1.49. The first-order valence-corrected chi connectivity index (χ1v) is 6.80. The number of halogens is 1. The number of alkyl halides is 1. The molecule has 0 bridgehead atoms. The maximum atomic E-state index is 14.7. The molecule has 0 aromatic heterocycles. The molecule has 2 rings (SSSR count). The minimum absolute atomic E-state index is 0.0810. The van der Waals surface area contributed by atoms with Gasteiger partial charge in [-0.25, -0.2) is 9.29 Å². The van der Waals surface area contributed by atoms with Crippen LogP contribution in [0.5, 0.6) is 0 Å². The first-order valence-electron chi connectivity index (χ1n) is 6.80. The molecular formula is C15H21FN2O3. The van der Waals surface area contributed by atoms with Gasteiger partial charge in [0.15, 0.2) is 5.67 Å². The van der Waals surface area contributed by atoms with E-state index in [0.29, 0.717) is 11.1 Å². The molecule has 0 amide bonds. The fourth-order valence-electron chi connectivity index (χ4n) is 2.26. The third-order valence-corrected chi connectivity index (χ3v) is 3.31. The van der Waals surface area contributed by atoms with Gasteiger partial charge in [-0.15, -0.1) is 0 Å². The Morgan fingerprint density at radius 2 is 1.90 bits per heavy atom. The zero-order valence-electron chi connectivity index (χ0n) is 12.5. The molecule has 1 unspecified atom stereocenters. The Hall–Kier alpha value is -1.50. The molecule has 0 radical (unpaired) electrons. The summed E-state index contributed by atoms with van der Waals surface area (Å²) >= 11 is 0. The van der Waals surface area contributed by atoms with Gasteiger partial charge in [0, 0.05) is 13.1 Å². The van der Waals surface area contributed by atoms with Crippen LogP contribution in [-0.4, -0.2) is 46.5 Å². The Labute approximate surface area is 123 Å². The fourth-order valence-corrected chi connectivity index (χ4v) is 2.26. The normalized spacial score (nSPS) is 20.4. The Bertz CT molecular complexity index is 505. The molecule has 0 saturated carbocycles. The van der Waals surface area contributed by atoms with Crippen molar-refractivity contribution < 1.29 is 19.4 Å². The van der Waals surface area contributed by atoms with E-state index in [0.717, 1.165) is 0 Å². The zero-order valence-corrected chi connectivity index (χ0v) is 12.5. The quantitative estimate of drug-likeness (QED) is 0.386. The maximum Gasteiger partial charge on any atom is 0.216 e. The van der Waals surface area contributed by atoms with E-state index < -0.39 is 17.7 Å². The molecule has 2 N–H and O–H groups in total. The Morgan fingerprint density at radius 3 is 2.38 bits per heavy atom. The summed E-state index contributed by atoms with van der Waals surface area (Å²) in [6, 6.07) is 6.68. The van der Waals surface area contributed by atoms with Gasteiger partial charge in [-0.2, -0.15) is 0 Å². The average molecular weight is 296 g/mol. The second-order valence-corrected chi connectivity index (χ2v) is 6.29. The zero-order chi connectivity index (χ0) is 15.7. The van der Waals surface area contributed by atoms with Gasteiger partial charge in [-0.05, 0) is 31.9 Å². The minimum Gasteiger partial charge on any atom is -0.411 e. The number of hydrogen-bond donors (Lipinski definition) is 2. The second-order valence-electron chi connectivity index (χ2n) is 6.29. The summed E-state index contributed by atoms with van der Waals surface area (Å²) in [5, 5.41) is 21.3. The molecule has 1 aromatic rings. The molecule has 1 atom stereocenters. The van der Waals surface area contributed by atoms with Crippen LogP contribution in [0.25, 0.3) is 0 Å². The summed E-state index contributed by atoms with van der Waals surface area (Å²) in [4.78, 5) is 1.54. The van der Waals surface area contributed by atoms with Gasteiger partial charge in [0.05, 0.1) is 11.8 Å². The number of ether oxygens (including phenoxy) is 1. The lowest BCUT2D eigenvalue weighted by Gasteiger charge is -2.47. The fraction of sp³-hybridized carbons (Fsp3) is 0.533. The Balaban J connectivity index is 1.97. The van der Waals surface area contributed by atoms with E-state index in [-0.39, 0.29) is 13.1 Å². The molecule has 1 aliphatic heterocycles. The first-order chi connectivity index (χ1) is 9.73. The largest absolute Gasteiger partial charge is 0.411 e. The van der Waals surface area contributed by atoms with Crippen molar-refractivity contribution in [1.29, 1.82) is 0 Å². The van der Waals surface area contributed by atoms with Gasteiger partial charge in [-0.1, -0.05) is 29.4 Å². The highest BCUT2D eigenvalue weighted by Gasteiger charge is 2.48. The number of hydrogen-bond acceptors (Lipinski definition) is 5. The average Bonchev–Trinajstić information content (AvgIpc) is 2.34. The van der Waals surface area contributed by atoms with E-state index in [4.69, 9.17) is 9.94 Å². The summed E-state index contributed by atoms with van der Waals surface area (Å²) < 4.78 is 20.1. The maximum absolute atomic E-state index is 14.7. The van der Waals surface area contributed by atoms with Crippen molar-refractivity contribution in [2.24, 2.45) is 5.16 Å². The third kappa shape index (κ3) is 3.78. The van der Waals surface area contributed by atoms with Gasteiger partial charge in [0.2, 0.25) is 6.41 Å². The third-order valence-electron chi connectivity index (χ3n) is 3.31. The summed E-state index contributed by atoms with van der Waals surface area (Å²) in [6.07, 6.45) is 0.178. The number of benzene rings is 1. The molecular weight excluding hydrogens is 275 g/mol. The van der Waals surface area contributed by atoms with Crippen molar-refractivity contribution in [3.8, 4) is 0 Å². The monoisotopic (exact) mass is 296 g/mol. The van der Waals surface area contributed by atoms with Gasteiger partial charge in [0.25, 0.3) is 0 Å². The number of aliphatic hydroxyl groups excluding tert-OH is 1. The van der Waals surface area contributed by atoms with Gasteiger partial charge in [0.1, 0.15) is 0 Å². The lowest BCUT2D eigenvalue weighted by atomic mass is 9.88. The van der Waals surface area contributed by atoms with Gasteiger partial charge in [-0.3, -0.25) is 0 Å². The molecule has 6 heteroatoms. The number of likely N-dealkylation sites (tertiary alicyclic amines) is 1. The molecule has 0 spiro atoms. The molecule has 116 valence electrons. The summed E-state index contributed by atoms with van der Waals surface area (Å²) in [7, 11) is 0. The standard InChI is InChI=1S/C15H21FN2O3/c1-14(2,3)21-13(19)18-9-15(16,10-18)12-6-4-11(5-7-12)8-17-20/h4-8,13,19-20H,9-10H2,1-3H3/b17-8+. The number of rotatable bonds is 4. The van der Waals surface area contributed by atoms with E-state index in [1.54, 1.807) is 24.3 Å². The smallest absolute Gasteiger partial charge is 0.216 e. The van der Waals surface area contributed by atoms with Crippen LogP contribution in [0.2, 0.25) is 0 Å². The van der Waals surface area contributed by atoms with Crippen LogP contribution in [0, 0.1) is 0 Å². The molecule has 1 heterocycles. The molecule has 1 fully saturated rings. The molecule has 21 heavy (non-hydrogen) atoms. The van der Waals surface area contributed by atoms with Crippen molar-refractivity contribution in [3.63, 3.8) is 0 Å². The van der Waals surface area contributed by atoms with Crippen LogP contribution in [0.15, 0.2) is 29.4 Å². The van der Waals surface area contributed by atoms with Gasteiger partial charge < -0.3 is 15.1 Å². The molecule has 1 aromatic carbocycles. The SMILES string of the molecule is CC(C)(C)OC(O)N1CC(F)(c2ccc(/C=N/O)cc2)C1. The Kier molecular flexibility index (Phi) is 4.32. The lowest BCUT2D eigenvalue weighted by Crippen LogP contribution is -2.61. The van der Waals surface area contributed by atoms with E-state index >= 15 is 0 Å². The Morgan fingerprint density at radius 1 is 1.33 bits per heavy atom. The van der Waals surface area contributed by atoms with E-state index in [1.807, 2.05) is 20.8 Å². The first kappa shape index (κ1) is 15.9. The second kappa shape index (κ2) is 5.71. The molecule has 1 aliphatic rings. The summed E-state index contributed by atoms with van der Waals surface area (Å²) in [5.74, 6) is 0. The molecule has 5 nitrogen and oxygen atoms in total. The van der Waals surface area contributed by atoms with E-state index in [1.165, 1.54) is 11.1 Å². The highest BCUT2D eigenvalue weighted by Crippen LogP contribution is 2.37. The van der Waals surface area contributed by atoms with Crippen LogP contribution >= 0.6 is 0 Å². The van der Waals surface area contributed by atoms with Crippen molar-refractivity contribution >= 4 is 6.21 Å². The van der Waals surface area contributed by atoms with Crippen molar-refractivity contribution in [3.05, 3.63) is 35.4 Å². The number of aliphatic hydroxyl groups is 1. The highest BCUT2D eigenvalue weighted by molar-refractivity contribution is 5.79. The van der Waals surface area contributed by atoms with Crippen LogP contribution in [0.4, 0.5) is 4.39 Å². The molecule has 0 aliphatic carbocycles. The van der Waals surface area contributed by atoms with Crippen LogP contribution in [0.1, 0.15) is 31.9 Å². The molecule has 1 saturated heterocycles. The summed E-state index contributed by atoms with van der Waals surface area (Å²) in [5.41, 5.74) is -0.745. The predicted octanol–water partition coefficient (Wildman–Crippen LogP) is 2.07. The number of nitrogens with zero attached hydrogens (tertiary/aromatic N) is 2. The van der Waals surface area contributed by atoms with Crippen LogP contribution < -0.4 is 0 Å². The van der Waals surface area contributed by atoms with Crippen molar-refractivity contribution in [2.75, 3.05) is 13.1 Å². The lowest BCUT2D eigenvalue weighted by molar-refractivity contribution is -0.277. The topological polar surface area (TPSA) is 65.3 Å². The highest BCUT2D eigenvalue weighted by atomic mass is 19.1.